The van der Waals surface area contributed by atoms with Gasteiger partial charge in [0.1, 0.15) is 24.2 Å². The fourth-order valence-electron chi connectivity index (χ4n) is 9.55. The SMILES string of the molecule is C[C@@H]1C=C[C@H]([C@@H](O)CC(=O)CCc2ccc3c(c2)O[C@@H]2[C@H](C#C[C@H](O)c4ccc5c(c4CC4=C6CN2C=C6N=C4)CC=N[C@@H]5N)C2(C#CO3)CCCC2)CC1. The van der Waals surface area contributed by atoms with Crippen LogP contribution in [0.1, 0.15) is 98.4 Å². The fourth-order valence-corrected chi connectivity index (χ4v) is 9.55. The van der Waals surface area contributed by atoms with Gasteiger partial charge in [-0.15, -0.1) is 0 Å². The summed E-state index contributed by atoms with van der Waals surface area (Å²) in [4.78, 5) is 24.6. The molecule has 0 unspecified atom stereocenters. The second-order valence-corrected chi connectivity index (χ2v) is 16.4. The predicted octanol–water partition coefficient (Wildman–Crippen LogP) is 6.19. The first kappa shape index (κ1) is 35.8. The van der Waals surface area contributed by atoms with Gasteiger partial charge in [0.25, 0.3) is 0 Å². The number of rotatable bonds is 6. The molecule has 5 heterocycles. The summed E-state index contributed by atoms with van der Waals surface area (Å²) in [5.41, 5.74) is 13.9. The molecule has 1 spiro atoms. The third-order valence-electron chi connectivity index (χ3n) is 12.8. The van der Waals surface area contributed by atoms with Crippen LogP contribution in [0, 0.1) is 47.0 Å². The molecule has 0 saturated heterocycles. The van der Waals surface area contributed by atoms with Crippen LogP contribution in [-0.4, -0.2) is 52.2 Å². The number of nitrogens with zero attached hydrogens (tertiary/aromatic N) is 3. The number of aliphatic imine (C=N–C) groups is 2. The number of carbonyl (C=O) groups is 1. The molecule has 7 atom stereocenters. The van der Waals surface area contributed by atoms with E-state index in [1.165, 1.54) is 0 Å². The number of benzene rings is 2. The molecular formula is C46H48N4O5. The van der Waals surface area contributed by atoms with Gasteiger partial charge in [-0.25, -0.2) is 0 Å². The average Bonchev–Trinajstić information content (AvgIpc) is 3.93. The minimum atomic E-state index is -1.04. The van der Waals surface area contributed by atoms with Crippen molar-refractivity contribution in [3.8, 4) is 35.4 Å². The molecule has 55 heavy (non-hydrogen) atoms. The molecule has 7 aliphatic rings. The molecule has 0 aromatic heterocycles. The summed E-state index contributed by atoms with van der Waals surface area (Å²) in [6.07, 6.45) is 18.3. The molecule has 1 saturated carbocycles. The monoisotopic (exact) mass is 736 g/mol. The molecule has 4 N–H and O–H groups in total. The minimum Gasteiger partial charge on any atom is -0.465 e. The summed E-state index contributed by atoms with van der Waals surface area (Å²) in [5, 5.41) is 22.7. The molecule has 0 amide bonds. The highest BCUT2D eigenvalue weighted by atomic mass is 16.5. The van der Waals surface area contributed by atoms with Gasteiger partial charge in [0.15, 0.2) is 17.7 Å². The maximum Gasteiger partial charge on any atom is 0.187 e. The van der Waals surface area contributed by atoms with Crippen molar-refractivity contribution in [1.29, 1.82) is 0 Å². The number of hydrogen-bond acceptors (Lipinski definition) is 9. The normalized spacial score (nSPS) is 28.5. The van der Waals surface area contributed by atoms with E-state index in [0.29, 0.717) is 49.6 Å². The molecule has 2 bridgehead atoms. The van der Waals surface area contributed by atoms with Gasteiger partial charge in [-0.2, -0.15) is 0 Å². The highest BCUT2D eigenvalue weighted by Crippen LogP contribution is 2.49. The Hall–Kier alpha value is -4.93. The van der Waals surface area contributed by atoms with Gasteiger partial charge in [0.2, 0.25) is 0 Å². The zero-order chi connectivity index (χ0) is 37.7. The molecule has 9 rings (SSSR count). The molecule has 9 heteroatoms. The smallest absolute Gasteiger partial charge is 0.187 e. The Kier molecular flexibility index (Phi) is 9.50. The molecule has 9 nitrogen and oxygen atoms in total. The third kappa shape index (κ3) is 6.84. The lowest BCUT2D eigenvalue weighted by molar-refractivity contribution is -0.121. The second kappa shape index (κ2) is 14.6. The van der Waals surface area contributed by atoms with E-state index >= 15 is 0 Å². The summed E-state index contributed by atoms with van der Waals surface area (Å²) in [6, 6.07) is 9.73. The largest absolute Gasteiger partial charge is 0.465 e. The zero-order valence-corrected chi connectivity index (χ0v) is 31.3. The van der Waals surface area contributed by atoms with E-state index in [1.807, 2.05) is 42.8 Å². The van der Waals surface area contributed by atoms with Gasteiger partial charge in [-0.3, -0.25) is 14.8 Å². The summed E-state index contributed by atoms with van der Waals surface area (Å²) in [7, 11) is 0. The number of ether oxygens (including phenoxy) is 2. The first-order chi connectivity index (χ1) is 26.7. The van der Waals surface area contributed by atoms with Crippen molar-refractivity contribution in [2.45, 2.75) is 102 Å². The number of hydrogen-bond donors (Lipinski definition) is 3. The lowest BCUT2D eigenvalue weighted by Crippen LogP contribution is -2.47. The Bertz CT molecular complexity index is 2190. The fraction of sp³-hybridized carbons (Fsp3) is 0.457. The van der Waals surface area contributed by atoms with Crippen molar-refractivity contribution in [3.05, 3.63) is 93.3 Å². The van der Waals surface area contributed by atoms with E-state index < -0.39 is 35.9 Å². The van der Waals surface area contributed by atoms with Crippen molar-refractivity contribution in [2.75, 3.05) is 6.54 Å². The Morgan fingerprint density at radius 2 is 1.95 bits per heavy atom. The van der Waals surface area contributed by atoms with Crippen LogP contribution in [0.15, 0.2) is 75.5 Å². The van der Waals surface area contributed by atoms with Crippen LogP contribution in [-0.2, 0) is 24.1 Å². The second-order valence-electron chi connectivity index (χ2n) is 16.4. The summed E-state index contributed by atoms with van der Waals surface area (Å²) < 4.78 is 13.2. The number of allylic oxidation sites excluding steroid dienone is 2. The maximum absolute atomic E-state index is 13.1. The van der Waals surface area contributed by atoms with Crippen LogP contribution in [0.3, 0.4) is 0 Å². The van der Waals surface area contributed by atoms with Crippen LogP contribution in [0.4, 0.5) is 0 Å². The minimum absolute atomic E-state index is 0.0324. The lowest BCUT2D eigenvalue weighted by Gasteiger charge is -2.39. The standard InChI is InChI=1S/C46H48N4O5/c1-28-4-8-30(9-5-28)41(53)24-32(51)10-6-29-7-15-42-43(22-29)55-45-38(46(19-21-54-42)17-2-3-18-46)13-14-40(52)34-11-12-35-33(16-20-48-44(35)47)36(34)23-31-25-49-39-27-50(45)26-37(31)39/h4,7-8,11-12,15,20,22,25,27-28,30,38,40-41,44-45,52-53H,2-3,5-6,9-10,16-18,23-24,26,47H2,1H3/t28-,30+,38+,40+,41+,44+,45-/m1/s1. The Morgan fingerprint density at radius 3 is 2.78 bits per heavy atom. The van der Waals surface area contributed by atoms with Crippen molar-refractivity contribution in [2.24, 2.45) is 38.9 Å². The number of Topliss-reactive ketones (excluding diaryl/α,β-unsaturated/α-hetero) is 1. The third-order valence-corrected chi connectivity index (χ3v) is 12.8. The lowest BCUT2D eigenvalue weighted by atomic mass is 9.73. The number of fused-ring (bicyclic) bond motifs is 8. The number of nitrogens with two attached hydrogens (primary N) is 1. The molecule has 5 aliphatic heterocycles. The quantitative estimate of drug-likeness (QED) is 0.238. The number of aliphatic hydroxyl groups excluding tert-OH is 2. The summed E-state index contributed by atoms with van der Waals surface area (Å²) >= 11 is 0. The number of aliphatic hydroxyl groups is 2. The van der Waals surface area contributed by atoms with Crippen LogP contribution in [0.25, 0.3) is 0 Å². The maximum atomic E-state index is 13.1. The van der Waals surface area contributed by atoms with Crippen molar-refractivity contribution < 1.29 is 24.5 Å². The van der Waals surface area contributed by atoms with Gasteiger partial charge in [-0.05, 0) is 83.5 Å². The number of ketones is 1. The van der Waals surface area contributed by atoms with Gasteiger partial charge in [0.05, 0.1) is 23.1 Å². The van der Waals surface area contributed by atoms with Crippen LogP contribution >= 0.6 is 0 Å². The van der Waals surface area contributed by atoms with Crippen LogP contribution < -0.4 is 15.2 Å². The van der Waals surface area contributed by atoms with Gasteiger partial charge >= 0.3 is 0 Å². The molecule has 2 aromatic rings. The zero-order valence-electron chi connectivity index (χ0n) is 31.3. The molecule has 282 valence electrons. The molecule has 2 aliphatic carbocycles. The van der Waals surface area contributed by atoms with Crippen molar-refractivity contribution in [3.63, 3.8) is 0 Å². The first-order valence-electron chi connectivity index (χ1n) is 20.0. The van der Waals surface area contributed by atoms with Crippen LogP contribution in [0.2, 0.25) is 0 Å². The summed E-state index contributed by atoms with van der Waals surface area (Å²) in [5.74, 6) is 11.6. The molecule has 1 fully saturated rings. The van der Waals surface area contributed by atoms with E-state index in [2.05, 4.69) is 59.0 Å². The van der Waals surface area contributed by atoms with E-state index in [1.54, 1.807) is 0 Å². The molecule has 0 radical (unpaired) electrons. The number of aryl methyl sites for hydroxylation is 1. The highest BCUT2D eigenvalue weighted by molar-refractivity contribution is 5.88. The summed E-state index contributed by atoms with van der Waals surface area (Å²) in [6.45, 7) is 2.77. The number of carbonyl (C=O) groups excluding carboxylic acids is 1. The van der Waals surface area contributed by atoms with E-state index in [0.717, 1.165) is 83.2 Å². The Labute approximate surface area is 323 Å². The predicted molar refractivity (Wildman–Crippen MR) is 211 cm³/mol. The van der Waals surface area contributed by atoms with E-state index in [4.69, 9.17) is 20.2 Å². The highest BCUT2D eigenvalue weighted by Gasteiger charge is 2.48. The van der Waals surface area contributed by atoms with Gasteiger partial charge < -0.3 is 30.3 Å². The molecule has 2 aromatic carbocycles. The first-order valence-corrected chi connectivity index (χ1v) is 20.0. The van der Waals surface area contributed by atoms with Gasteiger partial charge in [-0.1, -0.05) is 67.9 Å². The van der Waals surface area contributed by atoms with Crippen molar-refractivity contribution >= 4 is 18.2 Å². The Balaban J connectivity index is 1.06. The van der Waals surface area contributed by atoms with Crippen LogP contribution in [0.5, 0.6) is 11.5 Å². The van der Waals surface area contributed by atoms with E-state index in [-0.39, 0.29) is 18.1 Å². The van der Waals surface area contributed by atoms with Gasteiger partial charge in [0, 0.05) is 62.3 Å². The van der Waals surface area contributed by atoms with Crippen molar-refractivity contribution in [1.82, 2.24) is 4.90 Å². The molecular weight excluding hydrogens is 689 g/mol. The topological polar surface area (TPSA) is 130 Å². The average molecular weight is 737 g/mol. The Morgan fingerprint density at radius 1 is 1.09 bits per heavy atom. The van der Waals surface area contributed by atoms with E-state index in [9.17, 15) is 15.0 Å².